The van der Waals surface area contributed by atoms with E-state index in [0.717, 1.165) is 6.07 Å². The van der Waals surface area contributed by atoms with E-state index in [0.29, 0.717) is 0 Å². The van der Waals surface area contributed by atoms with E-state index in [1.165, 1.54) is 38.3 Å². The highest BCUT2D eigenvalue weighted by Gasteiger charge is 2.48. The number of hydrogen-bond donors (Lipinski definition) is 10. The average Bonchev–Trinajstić information content (AvgIpc) is 3.14. The predicted molar refractivity (Wildman–Crippen MR) is 180 cm³/mol. The number of aromatic hydroxyl groups is 2. The number of fused-ring (bicyclic) bond motifs is 1. The van der Waals surface area contributed by atoms with Gasteiger partial charge in [-0.1, -0.05) is 6.92 Å². The van der Waals surface area contributed by atoms with Crippen molar-refractivity contribution in [2.24, 2.45) is 5.92 Å². The molecule has 10 N–H and O–H groups in total. The lowest BCUT2D eigenvalue weighted by Gasteiger charge is -2.42. The first-order valence-electron chi connectivity index (χ1n) is 17.1. The van der Waals surface area contributed by atoms with Gasteiger partial charge in [-0.25, -0.2) is 0 Å². The Hall–Kier alpha value is -3.83. The molecule has 0 amide bonds. The van der Waals surface area contributed by atoms with Crippen LogP contribution in [0.1, 0.15) is 20.8 Å². The zero-order valence-electron chi connectivity index (χ0n) is 29.4. The van der Waals surface area contributed by atoms with Gasteiger partial charge in [0.15, 0.2) is 23.5 Å². The second-order valence-corrected chi connectivity index (χ2v) is 13.6. The summed E-state index contributed by atoms with van der Waals surface area (Å²) in [6.45, 7) is 4.24. The van der Waals surface area contributed by atoms with Gasteiger partial charge in [0.05, 0.1) is 32.0 Å². The number of phenolic OH excluding ortho intramolecular Hbond substituents is 2. The molecule has 3 aliphatic rings. The van der Waals surface area contributed by atoms with E-state index in [1.807, 2.05) is 0 Å². The Morgan fingerprint density at radius 1 is 0.667 bits per heavy atom. The minimum absolute atomic E-state index is 0.0508. The van der Waals surface area contributed by atoms with Crippen molar-refractivity contribution in [3.63, 3.8) is 0 Å². The second-order valence-electron chi connectivity index (χ2n) is 13.6. The standard InChI is InChI=1S/C35H44O19/c1-11-12(2)49-33(28(44)22(11)38)48-10-20-24(40)27(43)30(46)35(53-20)54-32-25(41)21-17(37)8-15(51-34-29(45)26(42)23(39)13(3)50-34)9-19(21)52-31(32)14-5-6-16(36)18(7-14)47-4/h5-9,11-13,20,22-24,26-30,33-40,42-46H,10H2,1-4H3/t11-,12-,13-,20+,22+,23-,24+,26+,27-,28+,29+,30+,33+,34-,35-/m0/s1. The normalized spacial score (nSPS) is 37.2. The first-order valence-corrected chi connectivity index (χ1v) is 17.1. The summed E-state index contributed by atoms with van der Waals surface area (Å²) in [4.78, 5) is 14.2. The van der Waals surface area contributed by atoms with E-state index < -0.39 is 121 Å². The van der Waals surface area contributed by atoms with Crippen molar-refractivity contribution in [2.75, 3.05) is 13.7 Å². The van der Waals surface area contributed by atoms with Gasteiger partial charge in [-0.2, -0.15) is 0 Å². The third kappa shape index (κ3) is 7.42. The number of ether oxygens (including phenoxy) is 7. The molecular weight excluding hydrogens is 724 g/mol. The average molecular weight is 769 g/mol. The zero-order chi connectivity index (χ0) is 39.3. The van der Waals surface area contributed by atoms with Crippen molar-refractivity contribution in [1.29, 1.82) is 0 Å². The SMILES string of the molecule is COc1cc(-c2oc3cc(O[C@@H]4O[C@@H](C)[C@H](O)[C@@H](O)[C@H]4O)cc(O)c3c(=O)c2O[C@@H]2O[C@H](CO[C@@H]3O[C@@H](C)[C@H](C)[C@@H](O)[C@H]3O)[C@@H](O)[C@H](O)[C@H]2O)ccc1O. The summed E-state index contributed by atoms with van der Waals surface area (Å²) in [5, 5.41) is 105. The maximum absolute atomic E-state index is 14.2. The summed E-state index contributed by atoms with van der Waals surface area (Å²) in [5.74, 6) is -2.68. The molecule has 0 spiro atoms. The van der Waals surface area contributed by atoms with Gasteiger partial charge in [-0.3, -0.25) is 4.79 Å². The number of benzene rings is 2. The summed E-state index contributed by atoms with van der Waals surface area (Å²) in [6.07, 6.45) is -20.7. The fourth-order valence-electron chi connectivity index (χ4n) is 6.45. The summed E-state index contributed by atoms with van der Waals surface area (Å²) in [6, 6.07) is 5.99. The molecule has 6 rings (SSSR count). The fraction of sp³-hybridized carbons (Fsp3) is 0.571. The number of aliphatic hydroxyl groups excluding tert-OH is 8. The molecule has 4 heterocycles. The summed E-state index contributed by atoms with van der Waals surface area (Å²) < 4.78 is 45.3. The molecule has 298 valence electrons. The van der Waals surface area contributed by atoms with Crippen LogP contribution in [0.3, 0.4) is 0 Å². The largest absolute Gasteiger partial charge is 0.507 e. The highest BCUT2D eigenvalue weighted by atomic mass is 16.7. The summed E-state index contributed by atoms with van der Waals surface area (Å²) >= 11 is 0. The molecule has 0 saturated carbocycles. The Morgan fingerprint density at radius 3 is 1.98 bits per heavy atom. The first kappa shape index (κ1) is 39.9. The minimum Gasteiger partial charge on any atom is -0.507 e. The van der Waals surface area contributed by atoms with Crippen LogP contribution in [0.25, 0.3) is 22.3 Å². The number of aliphatic hydroxyl groups is 8. The Bertz CT molecular complexity index is 1850. The molecule has 0 aliphatic carbocycles. The van der Waals surface area contributed by atoms with Crippen molar-refractivity contribution < 1.29 is 88.6 Å². The van der Waals surface area contributed by atoms with Crippen LogP contribution in [0.2, 0.25) is 0 Å². The molecule has 19 heteroatoms. The van der Waals surface area contributed by atoms with E-state index in [4.69, 9.17) is 37.6 Å². The topological polar surface area (TPSA) is 297 Å². The molecule has 2 aromatic carbocycles. The maximum atomic E-state index is 14.2. The van der Waals surface area contributed by atoms with Gasteiger partial charge in [0.2, 0.25) is 23.8 Å². The molecule has 3 saturated heterocycles. The van der Waals surface area contributed by atoms with Crippen LogP contribution in [-0.4, -0.2) is 151 Å². The van der Waals surface area contributed by atoms with Gasteiger partial charge in [0.1, 0.15) is 71.3 Å². The van der Waals surface area contributed by atoms with Crippen molar-refractivity contribution in [1.82, 2.24) is 0 Å². The van der Waals surface area contributed by atoms with Crippen LogP contribution in [-0.2, 0) is 18.9 Å². The summed E-state index contributed by atoms with van der Waals surface area (Å²) in [5.41, 5.74) is -1.26. The quantitative estimate of drug-likeness (QED) is 0.117. The van der Waals surface area contributed by atoms with Crippen molar-refractivity contribution >= 4 is 11.0 Å². The molecule has 19 nitrogen and oxygen atoms in total. The van der Waals surface area contributed by atoms with Crippen molar-refractivity contribution in [3.8, 4) is 40.1 Å². The second kappa shape index (κ2) is 15.7. The number of methoxy groups -OCH3 is 1. The van der Waals surface area contributed by atoms with Gasteiger partial charge in [-0.05, 0) is 32.0 Å². The molecule has 3 fully saturated rings. The van der Waals surface area contributed by atoms with Gasteiger partial charge < -0.3 is 88.6 Å². The van der Waals surface area contributed by atoms with Crippen LogP contribution in [0.5, 0.6) is 28.7 Å². The summed E-state index contributed by atoms with van der Waals surface area (Å²) in [7, 11) is 1.27. The predicted octanol–water partition coefficient (Wildman–Crippen LogP) is -1.61. The van der Waals surface area contributed by atoms with Crippen LogP contribution in [0.15, 0.2) is 39.5 Å². The van der Waals surface area contributed by atoms with E-state index in [9.17, 15) is 55.9 Å². The van der Waals surface area contributed by atoms with Crippen LogP contribution in [0.4, 0.5) is 0 Å². The number of phenols is 2. The molecule has 54 heavy (non-hydrogen) atoms. The van der Waals surface area contributed by atoms with Crippen LogP contribution < -0.4 is 19.6 Å². The molecule has 15 atom stereocenters. The molecular formula is C35H44O19. The lowest BCUT2D eigenvalue weighted by atomic mass is 9.92. The molecule has 3 aromatic rings. The van der Waals surface area contributed by atoms with Crippen LogP contribution in [0, 0.1) is 5.92 Å². The first-order chi connectivity index (χ1) is 25.5. The van der Waals surface area contributed by atoms with Crippen LogP contribution >= 0.6 is 0 Å². The molecule has 0 bridgehead atoms. The number of hydrogen-bond acceptors (Lipinski definition) is 19. The Balaban J connectivity index is 1.35. The van der Waals surface area contributed by atoms with E-state index in [-0.39, 0.29) is 34.2 Å². The van der Waals surface area contributed by atoms with Crippen molar-refractivity contribution in [2.45, 2.75) is 107 Å². The third-order valence-electron chi connectivity index (χ3n) is 9.99. The Kier molecular flexibility index (Phi) is 11.6. The Morgan fingerprint density at radius 2 is 1.30 bits per heavy atom. The lowest BCUT2D eigenvalue weighted by molar-refractivity contribution is -0.313. The van der Waals surface area contributed by atoms with Gasteiger partial charge in [0, 0.05) is 23.6 Å². The van der Waals surface area contributed by atoms with Gasteiger partial charge in [-0.15, -0.1) is 0 Å². The monoisotopic (exact) mass is 768 g/mol. The number of rotatable bonds is 9. The molecule has 0 unspecified atom stereocenters. The smallest absolute Gasteiger partial charge is 0.239 e. The minimum atomic E-state index is -1.98. The third-order valence-corrected chi connectivity index (χ3v) is 9.99. The van der Waals surface area contributed by atoms with Gasteiger partial charge in [0.25, 0.3) is 0 Å². The molecule has 0 radical (unpaired) electrons. The van der Waals surface area contributed by atoms with E-state index in [2.05, 4.69) is 0 Å². The Labute approximate surface area is 306 Å². The lowest BCUT2D eigenvalue weighted by Crippen LogP contribution is -2.61. The van der Waals surface area contributed by atoms with E-state index >= 15 is 0 Å². The molecule has 1 aromatic heterocycles. The van der Waals surface area contributed by atoms with Gasteiger partial charge >= 0.3 is 0 Å². The van der Waals surface area contributed by atoms with Crippen molar-refractivity contribution in [3.05, 3.63) is 40.6 Å². The van der Waals surface area contributed by atoms with E-state index in [1.54, 1.807) is 13.8 Å². The molecule has 3 aliphatic heterocycles. The highest BCUT2D eigenvalue weighted by Crippen LogP contribution is 2.40. The highest BCUT2D eigenvalue weighted by molar-refractivity contribution is 5.88. The zero-order valence-corrected chi connectivity index (χ0v) is 29.4. The fourth-order valence-corrected chi connectivity index (χ4v) is 6.45. The maximum Gasteiger partial charge on any atom is 0.239 e.